The van der Waals surface area contributed by atoms with Crippen molar-refractivity contribution in [2.45, 2.75) is 13.5 Å². The molecule has 2 fully saturated rings. The van der Waals surface area contributed by atoms with Crippen molar-refractivity contribution in [1.82, 2.24) is 15.2 Å². The van der Waals surface area contributed by atoms with Crippen molar-refractivity contribution >= 4 is 34.4 Å². The van der Waals surface area contributed by atoms with Crippen molar-refractivity contribution in [3.05, 3.63) is 71.3 Å². The first-order chi connectivity index (χ1) is 18.9. The van der Waals surface area contributed by atoms with Gasteiger partial charge in [0.05, 0.1) is 19.8 Å². The van der Waals surface area contributed by atoms with Crippen molar-refractivity contribution in [3.63, 3.8) is 0 Å². The van der Waals surface area contributed by atoms with Crippen molar-refractivity contribution in [3.8, 4) is 11.1 Å². The number of morpholine rings is 1. The molecule has 2 saturated heterocycles. The minimum atomic E-state index is -0.665. The Morgan fingerprint density at radius 1 is 1.05 bits per heavy atom. The van der Waals surface area contributed by atoms with Crippen molar-refractivity contribution in [1.29, 1.82) is 0 Å². The highest BCUT2D eigenvalue weighted by atomic mass is 19.1. The number of benzene rings is 3. The topological polar surface area (TPSA) is 82.9 Å². The second-order valence-corrected chi connectivity index (χ2v) is 9.88. The smallest absolute Gasteiger partial charge is 0.300 e. The summed E-state index contributed by atoms with van der Waals surface area (Å²) in [6.45, 7) is 6.36. The molecule has 6 rings (SSSR count). The SMILES string of the molecule is Cc1cc(Nc2nc3cccc(-c4cc(F)c(CN5CCNC(=O)C5)c(F)c4)c3o2)ccc1N1CCOCC1. The van der Waals surface area contributed by atoms with Gasteiger partial charge in [0.15, 0.2) is 5.58 Å². The van der Waals surface area contributed by atoms with E-state index in [9.17, 15) is 4.79 Å². The number of carbonyl (C=O) groups excluding carboxylic acids is 1. The molecular weight excluding hydrogens is 504 g/mol. The molecule has 3 aromatic carbocycles. The van der Waals surface area contributed by atoms with Crippen LogP contribution in [0.2, 0.25) is 0 Å². The number of nitrogens with one attached hydrogen (secondary N) is 2. The van der Waals surface area contributed by atoms with Crippen LogP contribution in [0.15, 0.2) is 52.9 Å². The number of amides is 1. The summed E-state index contributed by atoms with van der Waals surface area (Å²) in [7, 11) is 0. The number of oxazole rings is 1. The van der Waals surface area contributed by atoms with Gasteiger partial charge in [-0.05, 0) is 54.4 Å². The van der Waals surface area contributed by atoms with E-state index in [0.29, 0.717) is 35.3 Å². The fourth-order valence-electron chi connectivity index (χ4n) is 5.21. The lowest BCUT2D eigenvalue weighted by Crippen LogP contribution is -2.47. The van der Waals surface area contributed by atoms with Gasteiger partial charge in [-0.15, -0.1) is 0 Å². The predicted molar refractivity (Wildman–Crippen MR) is 145 cm³/mol. The monoisotopic (exact) mass is 533 g/mol. The minimum absolute atomic E-state index is 0.0235. The maximum atomic E-state index is 15.1. The Bertz CT molecular complexity index is 1510. The lowest BCUT2D eigenvalue weighted by molar-refractivity contribution is -0.124. The van der Waals surface area contributed by atoms with E-state index in [-0.39, 0.29) is 30.6 Å². The number of aryl methyl sites for hydroxylation is 1. The summed E-state index contributed by atoms with van der Waals surface area (Å²) in [6.07, 6.45) is 0. The van der Waals surface area contributed by atoms with E-state index >= 15 is 8.78 Å². The van der Waals surface area contributed by atoms with E-state index in [1.54, 1.807) is 23.1 Å². The number of rotatable bonds is 6. The summed E-state index contributed by atoms with van der Waals surface area (Å²) in [5.74, 6) is -1.48. The van der Waals surface area contributed by atoms with Crippen LogP contribution in [0.25, 0.3) is 22.2 Å². The normalized spacial score (nSPS) is 16.5. The second kappa shape index (κ2) is 10.6. The number of halogens is 2. The number of piperazine rings is 1. The van der Waals surface area contributed by atoms with Gasteiger partial charge in [-0.25, -0.2) is 8.78 Å². The molecular formula is C29H29F2N5O3. The standard InChI is InChI=1S/C29H29F2N5O3/c1-18-13-20(5-6-26(18)36-9-11-38-12-10-36)33-29-34-25-4-2-3-21(28(25)39-29)19-14-23(30)22(24(31)15-19)16-35-8-7-32-27(37)17-35/h2-6,13-15H,7-12,16-17H2,1H3,(H,32,37)(H,33,34). The first-order valence-electron chi connectivity index (χ1n) is 13.0. The Morgan fingerprint density at radius 3 is 2.59 bits per heavy atom. The molecule has 2 N–H and O–H groups in total. The predicted octanol–water partition coefficient (Wildman–Crippen LogP) is 4.59. The maximum absolute atomic E-state index is 15.1. The van der Waals surface area contributed by atoms with E-state index in [0.717, 1.165) is 37.6 Å². The van der Waals surface area contributed by atoms with Crippen LogP contribution in [0.3, 0.4) is 0 Å². The zero-order chi connectivity index (χ0) is 26.9. The summed E-state index contributed by atoms with van der Waals surface area (Å²) in [4.78, 5) is 20.2. The summed E-state index contributed by atoms with van der Waals surface area (Å²) in [6, 6.07) is 14.3. The van der Waals surface area contributed by atoms with E-state index in [2.05, 4.69) is 33.5 Å². The number of hydrogen-bond acceptors (Lipinski definition) is 7. The van der Waals surface area contributed by atoms with Crippen LogP contribution in [0, 0.1) is 18.6 Å². The highest BCUT2D eigenvalue weighted by molar-refractivity contribution is 5.91. The van der Waals surface area contributed by atoms with Crippen LogP contribution >= 0.6 is 0 Å². The van der Waals surface area contributed by atoms with Gasteiger partial charge in [-0.3, -0.25) is 9.69 Å². The zero-order valence-corrected chi connectivity index (χ0v) is 21.6. The van der Waals surface area contributed by atoms with Crippen LogP contribution < -0.4 is 15.5 Å². The van der Waals surface area contributed by atoms with Gasteiger partial charge >= 0.3 is 0 Å². The van der Waals surface area contributed by atoms with Crippen molar-refractivity contribution < 1.29 is 22.7 Å². The first kappa shape index (κ1) is 25.3. The summed E-state index contributed by atoms with van der Waals surface area (Å²) in [5, 5.41) is 5.93. The number of nitrogens with zero attached hydrogens (tertiary/aromatic N) is 3. The molecule has 4 aromatic rings. The maximum Gasteiger partial charge on any atom is 0.300 e. The Morgan fingerprint density at radius 2 is 1.85 bits per heavy atom. The molecule has 1 amide bonds. The fraction of sp³-hybridized carbons (Fsp3) is 0.310. The average Bonchev–Trinajstić information content (AvgIpc) is 3.34. The van der Waals surface area contributed by atoms with Crippen LogP contribution in [-0.4, -0.2) is 61.7 Å². The average molecular weight is 534 g/mol. The zero-order valence-electron chi connectivity index (χ0n) is 21.6. The molecule has 8 nitrogen and oxygen atoms in total. The van der Waals surface area contributed by atoms with Gasteiger partial charge in [0.2, 0.25) is 5.91 Å². The molecule has 0 bridgehead atoms. The number of para-hydroxylation sites is 1. The molecule has 39 heavy (non-hydrogen) atoms. The largest absolute Gasteiger partial charge is 0.423 e. The molecule has 10 heteroatoms. The van der Waals surface area contributed by atoms with E-state index in [1.807, 2.05) is 12.1 Å². The Labute approximate surface area is 224 Å². The van der Waals surface area contributed by atoms with Gasteiger partial charge in [0.25, 0.3) is 6.01 Å². The molecule has 2 aliphatic rings. The molecule has 0 spiro atoms. The molecule has 1 aromatic heterocycles. The number of aromatic nitrogens is 1. The van der Waals surface area contributed by atoms with Crippen LogP contribution in [0.4, 0.5) is 26.2 Å². The highest BCUT2D eigenvalue weighted by Gasteiger charge is 2.22. The number of fused-ring (bicyclic) bond motifs is 1. The van der Waals surface area contributed by atoms with Crippen LogP contribution in [0.1, 0.15) is 11.1 Å². The first-order valence-corrected chi connectivity index (χ1v) is 13.0. The number of ether oxygens (including phenoxy) is 1. The lowest BCUT2D eigenvalue weighted by atomic mass is 10.0. The molecule has 0 atom stereocenters. The lowest BCUT2D eigenvalue weighted by Gasteiger charge is -2.30. The molecule has 0 aliphatic carbocycles. The third-order valence-electron chi connectivity index (χ3n) is 7.17. The molecule has 0 radical (unpaired) electrons. The van der Waals surface area contributed by atoms with Crippen LogP contribution in [-0.2, 0) is 16.1 Å². The molecule has 3 heterocycles. The van der Waals surface area contributed by atoms with E-state index in [4.69, 9.17) is 9.15 Å². The highest BCUT2D eigenvalue weighted by Crippen LogP contribution is 2.34. The van der Waals surface area contributed by atoms with Gasteiger partial charge < -0.3 is 24.7 Å². The quantitative estimate of drug-likeness (QED) is 0.375. The van der Waals surface area contributed by atoms with E-state index in [1.165, 1.54) is 17.8 Å². The molecule has 0 unspecified atom stereocenters. The summed E-state index contributed by atoms with van der Waals surface area (Å²) in [5.41, 5.74) is 4.94. The van der Waals surface area contributed by atoms with Gasteiger partial charge in [0.1, 0.15) is 17.2 Å². The van der Waals surface area contributed by atoms with E-state index < -0.39 is 11.6 Å². The Hall–Kier alpha value is -4.02. The van der Waals surface area contributed by atoms with Gasteiger partial charge in [0, 0.05) is 55.2 Å². The van der Waals surface area contributed by atoms with Crippen molar-refractivity contribution in [2.24, 2.45) is 0 Å². The van der Waals surface area contributed by atoms with Gasteiger partial charge in [-0.1, -0.05) is 12.1 Å². The third-order valence-corrected chi connectivity index (χ3v) is 7.17. The summed E-state index contributed by atoms with van der Waals surface area (Å²) < 4.78 is 41.7. The third kappa shape index (κ3) is 5.30. The van der Waals surface area contributed by atoms with Gasteiger partial charge in [-0.2, -0.15) is 4.98 Å². The Kier molecular flexibility index (Phi) is 6.88. The molecule has 0 saturated carbocycles. The van der Waals surface area contributed by atoms with Crippen molar-refractivity contribution in [2.75, 3.05) is 56.2 Å². The number of carbonyl (C=O) groups is 1. The van der Waals surface area contributed by atoms with Crippen LogP contribution in [0.5, 0.6) is 0 Å². The minimum Gasteiger partial charge on any atom is -0.423 e. The fourth-order valence-corrected chi connectivity index (χ4v) is 5.21. The summed E-state index contributed by atoms with van der Waals surface area (Å²) >= 11 is 0. The number of anilines is 3. The molecule has 2 aliphatic heterocycles. The number of hydrogen-bond donors (Lipinski definition) is 2. The Balaban J connectivity index is 1.24. The second-order valence-electron chi connectivity index (χ2n) is 9.88. The molecule has 202 valence electrons.